The predicted molar refractivity (Wildman–Crippen MR) is 45.5 cm³/mol. The van der Waals surface area contributed by atoms with Gasteiger partial charge < -0.3 is 5.73 Å². The molecule has 0 aromatic carbocycles. The van der Waals surface area contributed by atoms with E-state index in [1.807, 2.05) is 20.8 Å². The minimum absolute atomic E-state index is 0.0944. The Labute approximate surface area is 62.1 Å². The van der Waals surface area contributed by atoms with Crippen LogP contribution in [0.15, 0.2) is 9.98 Å². The van der Waals surface area contributed by atoms with Gasteiger partial charge in [0.2, 0.25) is 0 Å². The number of nitrogens with two attached hydrogens (primary N) is 1. The first-order valence-corrected chi connectivity index (χ1v) is 3.45. The highest BCUT2D eigenvalue weighted by Crippen LogP contribution is 1.85. The van der Waals surface area contributed by atoms with E-state index in [9.17, 15) is 0 Å². The summed E-state index contributed by atoms with van der Waals surface area (Å²) in [6.07, 6.45) is 2.28. The van der Waals surface area contributed by atoms with Crippen molar-refractivity contribution >= 4 is 12.1 Å². The molecule has 2 N–H and O–H groups in total. The molecule has 0 heterocycles. The maximum absolute atomic E-state index is 5.49. The minimum Gasteiger partial charge on any atom is -0.310 e. The Morgan fingerprint density at radius 3 is 2.60 bits per heavy atom. The van der Waals surface area contributed by atoms with Crippen LogP contribution in [0.5, 0.6) is 0 Å². The summed E-state index contributed by atoms with van der Waals surface area (Å²) in [7, 11) is 0. The van der Waals surface area contributed by atoms with Crippen LogP contribution in [0, 0.1) is 0 Å². The molecule has 3 nitrogen and oxygen atoms in total. The molecule has 0 aliphatic carbocycles. The SMILES string of the molecule is CCC(N)N=CN=C(C)C. The van der Waals surface area contributed by atoms with E-state index >= 15 is 0 Å². The first kappa shape index (κ1) is 9.30. The Bertz CT molecular complexity index is 134. The highest BCUT2D eigenvalue weighted by molar-refractivity contribution is 5.86. The molecular weight excluding hydrogens is 126 g/mol. The van der Waals surface area contributed by atoms with Crippen LogP contribution in [0.25, 0.3) is 0 Å². The lowest BCUT2D eigenvalue weighted by atomic mass is 10.4. The third-order valence-corrected chi connectivity index (χ3v) is 0.992. The molecule has 3 heteroatoms. The second-order valence-electron chi connectivity index (χ2n) is 2.32. The molecule has 0 saturated heterocycles. The van der Waals surface area contributed by atoms with E-state index in [-0.39, 0.29) is 6.17 Å². The quantitative estimate of drug-likeness (QED) is 0.466. The minimum atomic E-state index is -0.0944. The van der Waals surface area contributed by atoms with Crippen molar-refractivity contribution in [1.82, 2.24) is 0 Å². The summed E-state index contributed by atoms with van der Waals surface area (Å²) in [5, 5.41) is 0. The number of hydrogen-bond acceptors (Lipinski definition) is 2. The summed E-state index contributed by atoms with van der Waals surface area (Å²) in [6.45, 7) is 5.83. The maximum atomic E-state index is 5.49. The van der Waals surface area contributed by atoms with E-state index in [1.165, 1.54) is 6.34 Å². The zero-order valence-electron chi connectivity index (χ0n) is 6.83. The molecule has 0 aromatic heterocycles. The average Bonchev–Trinajstić information content (AvgIpc) is 1.87. The van der Waals surface area contributed by atoms with E-state index in [4.69, 9.17) is 5.73 Å². The third kappa shape index (κ3) is 5.44. The Kier molecular flexibility index (Phi) is 4.76. The maximum Gasteiger partial charge on any atom is 0.111 e. The molecule has 0 aliphatic heterocycles. The standard InChI is InChI=1S/C7H15N3/c1-4-7(8)10-5-9-6(2)3/h5,7H,4,8H2,1-3H3. The summed E-state index contributed by atoms with van der Waals surface area (Å²) in [5.74, 6) is 0. The molecule has 1 unspecified atom stereocenters. The molecular formula is C7H15N3. The van der Waals surface area contributed by atoms with E-state index < -0.39 is 0 Å². The van der Waals surface area contributed by atoms with E-state index in [1.54, 1.807) is 0 Å². The number of hydrogen-bond donors (Lipinski definition) is 1. The van der Waals surface area contributed by atoms with Crippen LogP contribution in [0.1, 0.15) is 27.2 Å². The van der Waals surface area contributed by atoms with Crippen LogP contribution in [-0.4, -0.2) is 18.2 Å². The van der Waals surface area contributed by atoms with Gasteiger partial charge in [0, 0.05) is 5.71 Å². The summed E-state index contributed by atoms with van der Waals surface area (Å²) < 4.78 is 0. The molecule has 0 fully saturated rings. The Morgan fingerprint density at radius 1 is 1.60 bits per heavy atom. The lowest BCUT2D eigenvalue weighted by molar-refractivity contribution is 0.686. The van der Waals surface area contributed by atoms with Crippen molar-refractivity contribution in [3.05, 3.63) is 0 Å². The van der Waals surface area contributed by atoms with Crippen molar-refractivity contribution in [3.8, 4) is 0 Å². The molecule has 0 aliphatic rings. The lowest BCUT2D eigenvalue weighted by Crippen LogP contribution is -2.14. The molecule has 0 rings (SSSR count). The molecule has 0 radical (unpaired) electrons. The molecule has 0 saturated carbocycles. The van der Waals surface area contributed by atoms with Crippen molar-refractivity contribution in [2.24, 2.45) is 15.7 Å². The smallest absolute Gasteiger partial charge is 0.111 e. The van der Waals surface area contributed by atoms with Crippen molar-refractivity contribution in [3.63, 3.8) is 0 Å². The fraction of sp³-hybridized carbons (Fsp3) is 0.714. The fourth-order valence-corrected chi connectivity index (χ4v) is 0.340. The Balaban J connectivity index is 3.66. The van der Waals surface area contributed by atoms with Gasteiger partial charge in [-0.15, -0.1) is 0 Å². The molecule has 10 heavy (non-hydrogen) atoms. The van der Waals surface area contributed by atoms with Gasteiger partial charge in [0.15, 0.2) is 0 Å². The van der Waals surface area contributed by atoms with Gasteiger partial charge in [-0.25, -0.2) is 4.99 Å². The largest absolute Gasteiger partial charge is 0.310 e. The van der Waals surface area contributed by atoms with Crippen molar-refractivity contribution in [2.45, 2.75) is 33.4 Å². The van der Waals surface area contributed by atoms with Crippen molar-refractivity contribution < 1.29 is 0 Å². The normalized spacial score (nSPS) is 13.6. The molecule has 0 bridgehead atoms. The number of rotatable bonds is 3. The van der Waals surface area contributed by atoms with Gasteiger partial charge in [-0.3, -0.25) is 4.99 Å². The van der Waals surface area contributed by atoms with Crippen LogP contribution < -0.4 is 5.73 Å². The van der Waals surface area contributed by atoms with Crippen LogP contribution >= 0.6 is 0 Å². The lowest BCUT2D eigenvalue weighted by Gasteiger charge is -1.97. The average molecular weight is 141 g/mol. The summed E-state index contributed by atoms with van der Waals surface area (Å²) in [5.41, 5.74) is 6.48. The van der Waals surface area contributed by atoms with Gasteiger partial charge in [-0.05, 0) is 20.3 Å². The van der Waals surface area contributed by atoms with E-state index in [0.29, 0.717) is 0 Å². The molecule has 1 atom stereocenters. The van der Waals surface area contributed by atoms with Gasteiger partial charge in [-0.1, -0.05) is 6.92 Å². The molecule has 0 spiro atoms. The highest BCUT2D eigenvalue weighted by atomic mass is 15.0. The summed E-state index contributed by atoms with van der Waals surface area (Å²) in [4.78, 5) is 7.91. The number of aliphatic imine (C=N–C) groups is 2. The zero-order valence-corrected chi connectivity index (χ0v) is 6.83. The Hall–Kier alpha value is -0.700. The van der Waals surface area contributed by atoms with Gasteiger partial charge in [0.25, 0.3) is 0 Å². The van der Waals surface area contributed by atoms with Gasteiger partial charge in [0.05, 0.1) is 6.17 Å². The van der Waals surface area contributed by atoms with Crippen molar-refractivity contribution in [1.29, 1.82) is 0 Å². The molecule has 0 aromatic rings. The highest BCUT2D eigenvalue weighted by Gasteiger charge is 1.88. The summed E-state index contributed by atoms with van der Waals surface area (Å²) >= 11 is 0. The van der Waals surface area contributed by atoms with Crippen LogP contribution in [-0.2, 0) is 0 Å². The molecule has 58 valence electrons. The number of nitrogens with zero attached hydrogens (tertiary/aromatic N) is 2. The predicted octanol–water partition coefficient (Wildman–Crippen LogP) is 1.19. The van der Waals surface area contributed by atoms with E-state index in [0.717, 1.165) is 12.1 Å². The second-order valence-corrected chi connectivity index (χ2v) is 2.32. The summed E-state index contributed by atoms with van der Waals surface area (Å²) in [6, 6.07) is 0. The van der Waals surface area contributed by atoms with Gasteiger partial charge >= 0.3 is 0 Å². The Morgan fingerprint density at radius 2 is 2.20 bits per heavy atom. The topological polar surface area (TPSA) is 50.7 Å². The first-order chi connectivity index (χ1) is 4.66. The van der Waals surface area contributed by atoms with Crippen LogP contribution in [0.3, 0.4) is 0 Å². The van der Waals surface area contributed by atoms with E-state index in [2.05, 4.69) is 9.98 Å². The second kappa shape index (κ2) is 5.11. The zero-order chi connectivity index (χ0) is 7.98. The third-order valence-electron chi connectivity index (χ3n) is 0.992. The van der Waals surface area contributed by atoms with Gasteiger partial charge in [0.1, 0.15) is 6.34 Å². The van der Waals surface area contributed by atoms with Gasteiger partial charge in [-0.2, -0.15) is 0 Å². The first-order valence-electron chi connectivity index (χ1n) is 3.45. The monoisotopic (exact) mass is 141 g/mol. The van der Waals surface area contributed by atoms with Crippen molar-refractivity contribution in [2.75, 3.05) is 0 Å². The van der Waals surface area contributed by atoms with Crippen LogP contribution in [0.4, 0.5) is 0 Å². The molecule has 0 amide bonds. The van der Waals surface area contributed by atoms with Crippen LogP contribution in [0.2, 0.25) is 0 Å². The fourth-order valence-electron chi connectivity index (χ4n) is 0.340.